The quantitative estimate of drug-likeness (QED) is 0.374. The number of Topliss-reactive ketones (excluding diaryl/α,β-unsaturated/α-hetero) is 1. The van der Waals surface area contributed by atoms with Gasteiger partial charge in [0.1, 0.15) is 11.5 Å². The number of likely N-dealkylation sites (tertiary alicyclic amines) is 1. The number of fused-ring (bicyclic) bond motifs is 1. The van der Waals surface area contributed by atoms with E-state index >= 15 is 0 Å². The van der Waals surface area contributed by atoms with Gasteiger partial charge in [0.2, 0.25) is 0 Å². The molecule has 0 radical (unpaired) electrons. The molecule has 158 valence electrons. The summed E-state index contributed by atoms with van der Waals surface area (Å²) in [7, 11) is 3.09. The predicted octanol–water partition coefficient (Wildman–Crippen LogP) is 3.92. The van der Waals surface area contributed by atoms with E-state index in [-0.39, 0.29) is 24.5 Å². The number of hydrogen-bond acceptors (Lipinski definition) is 5. The van der Waals surface area contributed by atoms with Crippen molar-refractivity contribution < 1.29 is 24.2 Å². The first kappa shape index (κ1) is 20.6. The van der Waals surface area contributed by atoms with E-state index in [1.165, 1.54) is 4.90 Å². The molecular weight excluding hydrogens is 394 g/mol. The molecule has 1 amide bonds. The molecule has 1 heterocycles. The third-order valence-electron chi connectivity index (χ3n) is 5.56. The normalized spacial score (nSPS) is 18.0. The van der Waals surface area contributed by atoms with Gasteiger partial charge in [-0.3, -0.25) is 9.59 Å². The number of nitrogens with zero attached hydrogens (tertiary/aromatic N) is 1. The van der Waals surface area contributed by atoms with E-state index in [0.717, 1.165) is 16.3 Å². The van der Waals surface area contributed by atoms with Crippen LogP contribution in [-0.2, 0) is 14.3 Å². The van der Waals surface area contributed by atoms with Gasteiger partial charge in [0.15, 0.2) is 0 Å². The Morgan fingerprint density at radius 2 is 1.68 bits per heavy atom. The van der Waals surface area contributed by atoms with Gasteiger partial charge in [0.05, 0.1) is 25.3 Å². The van der Waals surface area contributed by atoms with Crippen LogP contribution in [0.15, 0.2) is 72.3 Å². The maximum Gasteiger partial charge on any atom is 0.295 e. The fraction of sp³-hybridized carbons (Fsp3) is 0.200. The molecule has 1 aliphatic rings. The van der Waals surface area contributed by atoms with Crippen LogP contribution in [0.25, 0.3) is 16.5 Å². The summed E-state index contributed by atoms with van der Waals surface area (Å²) < 4.78 is 10.3. The Balaban J connectivity index is 1.92. The number of methoxy groups -OCH3 is 2. The van der Waals surface area contributed by atoms with Crippen LogP contribution in [0.4, 0.5) is 0 Å². The summed E-state index contributed by atoms with van der Waals surface area (Å²) in [6.07, 6.45) is 0. The van der Waals surface area contributed by atoms with E-state index in [2.05, 4.69) is 0 Å². The van der Waals surface area contributed by atoms with Crippen molar-refractivity contribution in [1.29, 1.82) is 0 Å². The molecule has 0 saturated carbocycles. The van der Waals surface area contributed by atoms with Gasteiger partial charge in [-0.25, -0.2) is 0 Å². The maximum atomic E-state index is 13.1. The van der Waals surface area contributed by atoms with E-state index in [9.17, 15) is 14.7 Å². The molecule has 6 nitrogen and oxygen atoms in total. The van der Waals surface area contributed by atoms with Crippen molar-refractivity contribution in [3.05, 3.63) is 83.4 Å². The Hall–Kier alpha value is -3.64. The summed E-state index contributed by atoms with van der Waals surface area (Å²) >= 11 is 0. The zero-order valence-corrected chi connectivity index (χ0v) is 17.4. The first-order valence-electron chi connectivity index (χ1n) is 9.96. The number of amides is 1. The van der Waals surface area contributed by atoms with Crippen LogP contribution in [0.3, 0.4) is 0 Å². The van der Waals surface area contributed by atoms with Crippen LogP contribution in [0.2, 0.25) is 0 Å². The van der Waals surface area contributed by atoms with Crippen LogP contribution in [-0.4, -0.2) is 49.1 Å². The lowest BCUT2D eigenvalue weighted by atomic mass is 9.91. The lowest BCUT2D eigenvalue weighted by Crippen LogP contribution is -2.32. The zero-order chi connectivity index (χ0) is 22.0. The van der Waals surface area contributed by atoms with Crippen molar-refractivity contribution in [2.24, 2.45) is 0 Å². The number of ketones is 1. The first-order valence-corrected chi connectivity index (χ1v) is 9.96. The highest BCUT2D eigenvalue weighted by atomic mass is 16.5. The van der Waals surface area contributed by atoms with Gasteiger partial charge in [-0.2, -0.15) is 0 Å². The number of carbonyl (C=O) groups excluding carboxylic acids is 2. The van der Waals surface area contributed by atoms with Crippen molar-refractivity contribution in [3.63, 3.8) is 0 Å². The molecule has 1 N–H and O–H groups in total. The molecule has 4 rings (SSSR count). The van der Waals surface area contributed by atoms with Crippen LogP contribution in [0.1, 0.15) is 17.2 Å². The topological polar surface area (TPSA) is 76.1 Å². The number of aliphatic hydroxyl groups excluding tert-OH is 1. The molecule has 0 spiro atoms. The Morgan fingerprint density at radius 3 is 2.39 bits per heavy atom. The van der Waals surface area contributed by atoms with Gasteiger partial charge in [-0.05, 0) is 40.6 Å². The second-order valence-corrected chi connectivity index (χ2v) is 7.28. The van der Waals surface area contributed by atoms with Crippen LogP contribution in [0, 0.1) is 0 Å². The summed E-state index contributed by atoms with van der Waals surface area (Å²) in [5.41, 5.74) is 1.29. The van der Waals surface area contributed by atoms with E-state index in [1.807, 2.05) is 42.5 Å². The molecule has 0 bridgehead atoms. The van der Waals surface area contributed by atoms with Gasteiger partial charge in [0.25, 0.3) is 11.7 Å². The molecule has 1 unspecified atom stereocenters. The van der Waals surface area contributed by atoms with Crippen LogP contribution < -0.4 is 4.74 Å². The molecule has 1 saturated heterocycles. The zero-order valence-electron chi connectivity index (χ0n) is 17.4. The van der Waals surface area contributed by atoms with Crippen LogP contribution in [0.5, 0.6) is 5.75 Å². The Labute approximate surface area is 180 Å². The standard InChI is InChI=1S/C25H23NO5/c1-30-15-14-26-22(20-9-5-7-16-6-3-4-8-19(16)20)21(24(28)25(26)29)23(27)17-10-12-18(31-2)13-11-17/h3-13,22,27H,14-15H2,1-2H3/b23-21+. The summed E-state index contributed by atoms with van der Waals surface area (Å²) in [5.74, 6) is -0.936. The molecule has 3 aromatic carbocycles. The molecule has 1 atom stereocenters. The summed E-state index contributed by atoms with van der Waals surface area (Å²) in [4.78, 5) is 27.5. The van der Waals surface area contributed by atoms with Gasteiger partial charge in [0, 0.05) is 19.2 Å². The number of aliphatic hydroxyl groups is 1. The first-order chi connectivity index (χ1) is 15.1. The van der Waals surface area contributed by atoms with Crippen molar-refractivity contribution in [2.45, 2.75) is 6.04 Å². The third-order valence-corrected chi connectivity index (χ3v) is 5.56. The lowest BCUT2D eigenvalue weighted by Gasteiger charge is -2.26. The Kier molecular flexibility index (Phi) is 5.73. The minimum atomic E-state index is -0.719. The average Bonchev–Trinajstić information content (AvgIpc) is 3.06. The molecule has 6 heteroatoms. The number of rotatable bonds is 6. The van der Waals surface area contributed by atoms with Crippen molar-refractivity contribution in [3.8, 4) is 5.75 Å². The molecule has 31 heavy (non-hydrogen) atoms. The summed E-state index contributed by atoms with van der Waals surface area (Å²) in [5, 5.41) is 13.0. The molecular formula is C25H23NO5. The smallest absolute Gasteiger partial charge is 0.295 e. The lowest BCUT2D eigenvalue weighted by molar-refractivity contribution is -0.140. The number of benzene rings is 3. The van der Waals surface area contributed by atoms with Crippen molar-refractivity contribution >= 4 is 28.2 Å². The summed E-state index contributed by atoms with van der Waals surface area (Å²) in [6, 6.07) is 19.5. The van der Waals surface area contributed by atoms with E-state index in [4.69, 9.17) is 9.47 Å². The number of carbonyl (C=O) groups is 2. The average molecular weight is 417 g/mol. The molecule has 0 aromatic heterocycles. The van der Waals surface area contributed by atoms with Crippen LogP contribution >= 0.6 is 0 Å². The third kappa shape index (κ3) is 3.66. The second-order valence-electron chi connectivity index (χ2n) is 7.28. The SMILES string of the molecule is COCCN1C(=O)C(=O)/C(=C(/O)c2ccc(OC)cc2)C1c1cccc2ccccc12. The number of ether oxygens (including phenoxy) is 2. The van der Waals surface area contributed by atoms with Crippen molar-refractivity contribution in [1.82, 2.24) is 4.90 Å². The fourth-order valence-corrected chi connectivity index (χ4v) is 4.02. The molecule has 1 aliphatic heterocycles. The number of hydrogen-bond donors (Lipinski definition) is 1. The van der Waals surface area contributed by atoms with Crippen molar-refractivity contribution in [2.75, 3.05) is 27.4 Å². The Morgan fingerprint density at radius 1 is 0.968 bits per heavy atom. The largest absolute Gasteiger partial charge is 0.507 e. The fourth-order valence-electron chi connectivity index (χ4n) is 4.02. The predicted molar refractivity (Wildman–Crippen MR) is 118 cm³/mol. The van der Waals surface area contributed by atoms with E-state index < -0.39 is 17.7 Å². The maximum absolute atomic E-state index is 13.1. The second kappa shape index (κ2) is 8.62. The van der Waals surface area contributed by atoms with Gasteiger partial charge in [-0.1, -0.05) is 42.5 Å². The monoisotopic (exact) mass is 417 g/mol. The Bertz CT molecular complexity index is 1160. The highest BCUT2D eigenvalue weighted by Gasteiger charge is 2.46. The highest BCUT2D eigenvalue weighted by molar-refractivity contribution is 6.46. The molecule has 3 aromatic rings. The minimum Gasteiger partial charge on any atom is -0.507 e. The van der Waals surface area contributed by atoms with Gasteiger partial charge >= 0.3 is 0 Å². The minimum absolute atomic E-state index is 0.0719. The highest BCUT2D eigenvalue weighted by Crippen LogP contribution is 2.41. The van der Waals surface area contributed by atoms with Gasteiger partial charge in [-0.15, -0.1) is 0 Å². The molecule has 1 fully saturated rings. The van der Waals surface area contributed by atoms with Gasteiger partial charge < -0.3 is 19.5 Å². The van der Waals surface area contributed by atoms with E-state index in [1.54, 1.807) is 38.5 Å². The molecule has 0 aliphatic carbocycles. The summed E-state index contributed by atoms with van der Waals surface area (Å²) in [6.45, 7) is 0.505. The van der Waals surface area contributed by atoms with E-state index in [0.29, 0.717) is 11.3 Å².